The number of carbonyl (C=O) groups is 1. The van der Waals surface area contributed by atoms with Crippen molar-refractivity contribution >= 4 is 5.97 Å². The predicted octanol–water partition coefficient (Wildman–Crippen LogP) is 2.27. The fourth-order valence-electron chi connectivity index (χ4n) is 2.61. The van der Waals surface area contributed by atoms with Crippen LogP contribution in [0.3, 0.4) is 0 Å². The van der Waals surface area contributed by atoms with E-state index < -0.39 is 18.0 Å². The van der Waals surface area contributed by atoms with Gasteiger partial charge in [0.25, 0.3) is 0 Å². The van der Waals surface area contributed by atoms with Gasteiger partial charge in [-0.2, -0.15) is 0 Å². The summed E-state index contributed by atoms with van der Waals surface area (Å²) in [6, 6.07) is 9.68. The monoisotopic (exact) mass is 332 g/mol. The maximum absolute atomic E-state index is 12.3. The summed E-state index contributed by atoms with van der Waals surface area (Å²) in [6.07, 6.45) is 2.29. The number of aliphatic hydroxyl groups is 1. The van der Waals surface area contributed by atoms with Crippen LogP contribution in [-0.2, 0) is 20.9 Å². The number of nitrogens with one attached hydrogen (secondary N) is 1. The molecule has 0 aliphatic rings. The van der Waals surface area contributed by atoms with E-state index >= 15 is 0 Å². The van der Waals surface area contributed by atoms with Crippen molar-refractivity contribution in [1.29, 1.82) is 0 Å². The van der Waals surface area contributed by atoms with Crippen LogP contribution < -0.4 is 0 Å². The Bertz CT molecular complexity index is 601. The third-order valence-electron chi connectivity index (χ3n) is 3.90. The summed E-state index contributed by atoms with van der Waals surface area (Å²) in [4.78, 5) is 19.3. The summed E-state index contributed by atoms with van der Waals surface area (Å²) in [5, 5.41) is 10.5. The smallest absolute Gasteiger partial charge is 0.312 e. The molecule has 3 atom stereocenters. The van der Waals surface area contributed by atoms with E-state index in [9.17, 15) is 9.90 Å². The Hall–Kier alpha value is -2.18. The number of aromatic amines is 1. The Balaban J connectivity index is 1.98. The second kappa shape index (κ2) is 9.20. The molecule has 0 bridgehead atoms. The van der Waals surface area contributed by atoms with Gasteiger partial charge in [0.05, 0.1) is 43.9 Å². The van der Waals surface area contributed by atoms with Gasteiger partial charge in [0, 0.05) is 12.1 Å². The zero-order valence-electron chi connectivity index (χ0n) is 14.0. The summed E-state index contributed by atoms with van der Waals surface area (Å²) >= 11 is 0. The fourth-order valence-corrected chi connectivity index (χ4v) is 2.61. The average Bonchev–Trinajstić information content (AvgIpc) is 3.11. The standard InChI is InChI=1S/C18H24N2O4/c1-3-24-18(22)17(13(2)15-9-19-12-20-15)16(21)11-23-10-14-7-5-4-6-8-14/h4-9,12-13,16-17,21H,3,10-11H2,1-2H3,(H,19,20). The molecule has 2 rings (SSSR count). The number of aliphatic hydroxyl groups excluding tert-OH is 1. The first kappa shape index (κ1) is 18.2. The lowest BCUT2D eigenvalue weighted by atomic mass is 9.87. The van der Waals surface area contributed by atoms with Gasteiger partial charge in [0.15, 0.2) is 0 Å². The van der Waals surface area contributed by atoms with Crippen molar-refractivity contribution < 1.29 is 19.4 Å². The Kier molecular flexibility index (Phi) is 6.96. The number of hydrogen-bond acceptors (Lipinski definition) is 5. The lowest BCUT2D eigenvalue weighted by Crippen LogP contribution is -2.37. The number of rotatable bonds is 9. The second-order valence-corrected chi connectivity index (χ2v) is 5.63. The highest BCUT2D eigenvalue weighted by Gasteiger charge is 2.35. The van der Waals surface area contributed by atoms with Crippen LogP contribution in [0.15, 0.2) is 42.9 Å². The zero-order chi connectivity index (χ0) is 17.4. The summed E-state index contributed by atoms with van der Waals surface area (Å²) in [6.45, 7) is 4.28. The van der Waals surface area contributed by atoms with Crippen LogP contribution in [-0.4, -0.2) is 40.4 Å². The number of nitrogens with zero attached hydrogens (tertiary/aromatic N) is 1. The fraction of sp³-hybridized carbons (Fsp3) is 0.444. The van der Waals surface area contributed by atoms with Gasteiger partial charge in [0.2, 0.25) is 0 Å². The number of H-pyrrole nitrogens is 1. The van der Waals surface area contributed by atoms with Crippen molar-refractivity contribution in [1.82, 2.24) is 9.97 Å². The van der Waals surface area contributed by atoms with Crippen LogP contribution in [0, 0.1) is 5.92 Å². The normalized spacial score (nSPS) is 14.8. The lowest BCUT2D eigenvalue weighted by molar-refractivity contribution is -0.155. The molecule has 0 spiro atoms. The number of benzene rings is 1. The molecule has 1 aromatic carbocycles. The molecule has 0 amide bonds. The first-order valence-electron chi connectivity index (χ1n) is 8.08. The van der Waals surface area contributed by atoms with Gasteiger partial charge < -0.3 is 19.6 Å². The van der Waals surface area contributed by atoms with E-state index in [1.807, 2.05) is 37.3 Å². The lowest BCUT2D eigenvalue weighted by Gasteiger charge is -2.25. The number of hydrogen-bond donors (Lipinski definition) is 2. The van der Waals surface area contributed by atoms with Gasteiger partial charge in [-0.3, -0.25) is 4.79 Å². The third-order valence-corrected chi connectivity index (χ3v) is 3.90. The Morgan fingerprint density at radius 2 is 2.08 bits per heavy atom. The molecule has 6 nitrogen and oxygen atoms in total. The predicted molar refractivity (Wildman–Crippen MR) is 89.2 cm³/mol. The van der Waals surface area contributed by atoms with Crippen LogP contribution in [0.4, 0.5) is 0 Å². The molecule has 24 heavy (non-hydrogen) atoms. The molecule has 3 unspecified atom stereocenters. The number of ether oxygens (including phenoxy) is 2. The van der Waals surface area contributed by atoms with Crippen molar-refractivity contribution in [2.75, 3.05) is 13.2 Å². The number of esters is 1. The maximum atomic E-state index is 12.3. The van der Waals surface area contributed by atoms with Gasteiger partial charge in [-0.25, -0.2) is 4.98 Å². The van der Waals surface area contributed by atoms with Crippen molar-refractivity contribution in [3.63, 3.8) is 0 Å². The Morgan fingerprint density at radius 1 is 1.33 bits per heavy atom. The maximum Gasteiger partial charge on any atom is 0.312 e. The van der Waals surface area contributed by atoms with Crippen LogP contribution in [0.1, 0.15) is 31.0 Å². The van der Waals surface area contributed by atoms with Crippen LogP contribution in [0.5, 0.6) is 0 Å². The average molecular weight is 332 g/mol. The first-order chi connectivity index (χ1) is 11.6. The molecule has 0 fully saturated rings. The minimum atomic E-state index is -0.973. The van der Waals surface area contributed by atoms with E-state index in [0.717, 1.165) is 5.56 Å². The molecule has 0 saturated carbocycles. The first-order valence-corrected chi connectivity index (χ1v) is 8.08. The van der Waals surface area contributed by atoms with E-state index in [1.165, 1.54) is 0 Å². The van der Waals surface area contributed by atoms with Crippen LogP contribution in [0.25, 0.3) is 0 Å². The van der Waals surface area contributed by atoms with Gasteiger partial charge in [-0.05, 0) is 12.5 Å². The summed E-state index contributed by atoms with van der Waals surface area (Å²) < 4.78 is 10.7. The molecule has 0 saturated heterocycles. The van der Waals surface area contributed by atoms with Gasteiger partial charge in [0.1, 0.15) is 0 Å². The van der Waals surface area contributed by atoms with Crippen LogP contribution in [0.2, 0.25) is 0 Å². The summed E-state index contributed by atoms with van der Waals surface area (Å²) in [5.74, 6) is -1.46. The number of carbonyl (C=O) groups excluding carboxylic acids is 1. The highest BCUT2D eigenvalue weighted by molar-refractivity contribution is 5.74. The molecule has 130 valence electrons. The van der Waals surface area contributed by atoms with Crippen LogP contribution >= 0.6 is 0 Å². The van der Waals surface area contributed by atoms with E-state index in [0.29, 0.717) is 12.3 Å². The molecule has 1 aromatic heterocycles. The van der Waals surface area contributed by atoms with Gasteiger partial charge in [-0.15, -0.1) is 0 Å². The van der Waals surface area contributed by atoms with Gasteiger partial charge in [-0.1, -0.05) is 37.3 Å². The topological polar surface area (TPSA) is 84.4 Å². The van der Waals surface area contributed by atoms with E-state index in [-0.39, 0.29) is 19.1 Å². The van der Waals surface area contributed by atoms with Crippen molar-refractivity contribution in [3.05, 3.63) is 54.1 Å². The molecule has 0 aliphatic carbocycles. The molecular weight excluding hydrogens is 308 g/mol. The van der Waals surface area contributed by atoms with E-state index in [2.05, 4.69) is 9.97 Å². The Morgan fingerprint density at radius 3 is 2.71 bits per heavy atom. The molecule has 6 heteroatoms. The second-order valence-electron chi connectivity index (χ2n) is 5.63. The summed E-state index contributed by atoms with van der Waals surface area (Å²) in [5.41, 5.74) is 1.72. The number of imidazole rings is 1. The molecule has 1 heterocycles. The molecular formula is C18H24N2O4. The molecule has 2 N–H and O–H groups in total. The van der Waals surface area contributed by atoms with E-state index in [4.69, 9.17) is 9.47 Å². The zero-order valence-corrected chi connectivity index (χ0v) is 14.0. The molecule has 0 radical (unpaired) electrons. The summed E-state index contributed by atoms with van der Waals surface area (Å²) in [7, 11) is 0. The highest BCUT2D eigenvalue weighted by Crippen LogP contribution is 2.27. The SMILES string of the molecule is CCOC(=O)C(C(O)COCc1ccccc1)C(C)c1c[nH]cn1. The van der Waals surface area contributed by atoms with E-state index in [1.54, 1.807) is 19.4 Å². The number of aromatic nitrogens is 2. The minimum absolute atomic E-state index is 0.0487. The highest BCUT2D eigenvalue weighted by atomic mass is 16.5. The minimum Gasteiger partial charge on any atom is -0.466 e. The third kappa shape index (κ3) is 4.91. The Labute approximate surface area is 141 Å². The van der Waals surface area contributed by atoms with Crippen molar-refractivity contribution in [2.45, 2.75) is 32.5 Å². The van der Waals surface area contributed by atoms with Crippen molar-refractivity contribution in [3.8, 4) is 0 Å². The molecule has 2 aromatic rings. The van der Waals surface area contributed by atoms with Gasteiger partial charge >= 0.3 is 5.97 Å². The largest absolute Gasteiger partial charge is 0.466 e. The quantitative estimate of drug-likeness (QED) is 0.688. The van der Waals surface area contributed by atoms with Crippen molar-refractivity contribution in [2.24, 2.45) is 5.92 Å². The molecule has 0 aliphatic heterocycles.